The standard InChI is InChI=1S/C27H43NP2/c1-20(2)29(10,21(3)4)26-18-14-12-16-24(26)28(9)25-17-13-15-19-27(25)30(11,22(5)6)23(7)8/h12-23H,10-11H2,1-9H3. The summed E-state index contributed by atoms with van der Waals surface area (Å²) in [6.07, 6.45) is 0. The smallest absolute Gasteiger partial charge is 0.0886 e. The van der Waals surface area contributed by atoms with Crippen LogP contribution in [0.15, 0.2) is 48.5 Å². The molecule has 0 bridgehead atoms. The van der Waals surface area contributed by atoms with Crippen molar-refractivity contribution in [1.82, 2.24) is 0 Å². The van der Waals surface area contributed by atoms with Crippen LogP contribution < -0.4 is 15.5 Å². The van der Waals surface area contributed by atoms with Gasteiger partial charge in [0, 0.05) is 29.7 Å². The molecule has 0 N–H and O–H groups in total. The van der Waals surface area contributed by atoms with Gasteiger partial charge in [-0.25, -0.2) is 0 Å². The van der Waals surface area contributed by atoms with Crippen molar-refractivity contribution in [3.8, 4) is 0 Å². The Morgan fingerprint density at radius 2 is 0.833 bits per heavy atom. The highest BCUT2D eigenvalue weighted by molar-refractivity contribution is 7.85. The first-order valence-corrected chi connectivity index (χ1v) is 15.5. The van der Waals surface area contributed by atoms with Gasteiger partial charge < -0.3 is 4.90 Å². The molecule has 2 aromatic carbocycles. The van der Waals surface area contributed by atoms with Crippen LogP contribution in [0.4, 0.5) is 11.4 Å². The Balaban J connectivity index is 2.73. The molecule has 0 aliphatic rings. The largest absolute Gasteiger partial charge is 0.338 e. The second-order valence-corrected chi connectivity index (χ2v) is 18.6. The van der Waals surface area contributed by atoms with E-state index in [1.807, 2.05) is 0 Å². The lowest BCUT2D eigenvalue weighted by Gasteiger charge is -2.42. The molecule has 0 unspecified atom stereocenters. The third-order valence-electron chi connectivity index (χ3n) is 7.07. The zero-order valence-corrected chi connectivity index (χ0v) is 22.5. The van der Waals surface area contributed by atoms with Crippen LogP contribution >= 0.6 is 14.5 Å². The third kappa shape index (κ3) is 4.36. The van der Waals surface area contributed by atoms with Crippen LogP contribution in [0, 0.1) is 13.3 Å². The van der Waals surface area contributed by atoms with E-state index in [-0.39, 0.29) is 0 Å². The monoisotopic (exact) mass is 443 g/mol. The molecule has 30 heavy (non-hydrogen) atoms. The van der Waals surface area contributed by atoms with Gasteiger partial charge in [-0.15, -0.1) is 0 Å². The van der Waals surface area contributed by atoms with Crippen molar-refractivity contribution < 1.29 is 0 Å². The van der Waals surface area contributed by atoms with Crippen molar-refractivity contribution in [3.05, 3.63) is 61.9 Å². The molecule has 3 heteroatoms. The highest BCUT2D eigenvalue weighted by Crippen LogP contribution is 2.67. The fourth-order valence-electron chi connectivity index (χ4n) is 4.63. The van der Waals surface area contributed by atoms with Gasteiger partial charge in [-0.3, -0.25) is 0 Å². The summed E-state index contributed by atoms with van der Waals surface area (Å²) in [5, 5.41) is 2.88. The topological polar surface area (TPSA) is 3.24 Å². The maximum Gasteiger partial charge on any atom is 0.0886 e. The lowest BCUT2D eigenvalue weighted by atomic mass is 10.2. The predicted molar refractivity (Wildman–Crippen MR) is 145 cm³/mol. The lowest BCUT2D eigenvalue weighted by molar-refractivity contribution is 1.00. The fourth-order valence-corrected chi connectivity index (χ4v) is 11.3. The molecule has 0 aromatic heterocycles. The second-order valence-electron chi connectivity index (χ2n) is 9.77. The molecule has 0 amide bonds. The molecule has 2 aromatic rings. The molecule has 0 saturated heterocycles. The normalized spacial score (nSPS) is 13.0. The average Bonchev–Trinajstić information content (AvgIpc) is 2.71. The molecule has 166 valence electrons. The molecular formula is C27H43NP2. The minimum Gasteiger partial charge on any atom is -0.338 e. The first-order chi connectivity index (χ1) is 13.9. The summed E-state index contributed by atoms with van der Waals surface area (Å²) in [4.78, 5) is 2.42. The van der Waals surface area contributed by atoms with Gasteiger partial charge in [0.25, 0.3) is 0 Å². The summed E-state index contributed by atoms with van der Waals surface area (Å²) in [6.45, 7) is 28.5. The van der Waals surface area contributed by atoms with Crippen LogP contribution in [0.3, 0.4) is 0 Å². The van der Waals surface area contributed by atoms with Gasteiger partial charge in [0.1, 0.15) is 0 Å². The molecular weight excluding hydrogens is 400 g/mol. The van der Waals surface area contributed by atoms with E-state index in [2.05, 4.69) is 116 Å². The molecule has 0 atom stereocenters. The van der Waals surface area contributed by atoms with Gasteiger partial charge in [-0.05, 0) is 79.7 Å². The summed E-state index contributed by atoms with van der Waals surface area (Å²) in [5.41, 5.74) is 4.80. The minimum absolute atomic E-state index is 0.549. The first kappa shape index (κ1) is 25.4. The first-order valence-electron chi connectivity index (χ1n) is 11.3. The molecule has 0 heterocycles. The molecule has 1 nitrogen and oxygen atoms in total. The van der Waals surface area contributed by atoms with Crippen LogP contribution in [0.5, 0.6) is 0 Å². The maximum absolute atomic E-state index is 4.88. The van der Waals surface area contributed by atoms with Crippen molar-refractivity contribution >= 4 is 36.5 Å². The van der Waals surface area contributed by atoms with Crippen molar-refractivity contribution in [2.45, 2.75) is 78.0 Å². The van der Waals surface area contributed by atoms with E-state index in [9.17, 15) is 0 Å². The van der Waals surface area contributed by atoms with Crippen LogP contribution in [-0.2, 0) is 0 Å². The Morgan fingerprint density at radius 3 is 1.10 bits per heavy atom. The second kappa shape index (κ2) is 9.71. The summed E-state index contributed by atoms with van der Waals surface area (Å²) >= 11 is 0. The Hall–Kier alpha value is -0.900. The quantitative estimate of drug-likeness (QED) is 0.295. The summed E-state index contributed by atoms with van der Waals surface area (Å²) in [7, 11) is -0.910. The van der Waals surface area contributed by atoms with Crippen molar-refractivity contribution in [2.75, 3.05) is 11.9 Å². The third-order valence-corrected chi connectivity index (χ3v) is 17.0. The van der Waals surface area contributed by atoms with E-state index >= 15 is 0 Å². The number of anilines is 2. The van der Waals surface area contributed by atoms with E-state index in [1.54, 1.807) is 0 Å². The number of nitrogens with zero attached hydrogens (tertiary/aromatic N) is 1. The highest BCUT2D eigenvalue weighted by Gasteiger charge is 2.40. The number of hydrogen-bond acceptors (Lipinski definition) is 1. The van der Waals surface area contributed by atoms with Gasteiger partial charge in [0.05, 0.1) is 22.0 Å². The van der Waals surface area contributed by atoms with E-state index in [0.717, 1.165) is 0 Å². The maximum atomic E-state index is 4.88. The molecule has 0 aliphatic heterocycles. The molecule has 0 spiro atoms. The van der Waals surface area contributed by atoms with E-state index in [1.165, 1.54) is 22.0 Å². The Kier molecular flexibility index (Phi) is 8.21. The van der Waals surface area contributed by atoms with E-state index in [4.69, 9.17) is 13.3 Å². The van der Waals surface area contributed by atoms with Crippen molar-refractivity contribution in [3.63, 3.8) is 0 Å². The number of hydrogen-bond donors (Lipinski definition) is 0. The fraction of sp³-hybridized carbons (Fsp3) is 0.481. The Morgan fingerprint density at radius 1 is 0.567 bits per heavy atom. The van der Waals surface area contributed by atoms with Gasteiger partial charge in [0.15, 0.2) is 0 Å². The molecule has 0 radical (unpaired) electrons. The van der Waals surface area contributed by atoms with Gasteiger partial charge in [-0.2, -0.15) is 13.3 Å². The number of para-hydroxylation sites is 2. The highest BCUT2D eigenvalue weighted by atomic mass is 31.2. The number of rotatable bonds is 8. The van der Waals surface area contributed by atoms with E-state index in [0.29, 0.717) is 22.6 Å². The summed E-state index contributed by atoms with van der Waals surface area (Å²) in [6, 6.07) is 17.9. The molecule has 0 fully saturated rings. The van der Waals surface area contributed by atoms with Crippen LogP contribution in [-0.4, -0.2) is 29.7 Å². The van der Waals surface area contributed by atoms with Gasteiger partial charge in [-0.1, -0.05) is 38.8 Å². The molecule has 0 saturated carbocycles. The van der Waals surface area contributed by atoms with Crippen LogP contribution in [0.1, 0.15) is 55.4 Å². The summed E-state index contributed by atoms with van der Waals surface area (Å²) in [5.74, 6) is 0. The van der Waals surface area contributed by atoms with Gasteiger partial charge in [0.2, 0.25) is 0 Å². The zero-order chi connectivity index (χ0) is 22.9. The zero-order valence-electron chi connectivity index (χ0n) is 20.7. The molecule has 2 rings (SSSR count). The average molecular weight is 444 g/mol. The number of benzene rings is 2. The predicted octanol–water partition coefficient (Wildman–Crippen LogP) is 7.96. The minimum atomic E-state index is -1.57. The molecule has 0 aliphatic carbocycles. The van der Waals surface area contributed by atoms with Crippen molar-refractivity contribution in [1.29, 1.82) is 0 Å². The van der Waals surface area contributed by atoms with Gasteiger partial charge >= 0.3 is 0 Å². The summed E-state index contributed by atoms with van der Waals surface area (Å²) < 4.78 is 0. The Labute approximate surface area is 188 Å². The SMILES string of the molecule is [CH2-][P+](c1ccccc1N(C)c1ccccc1[P+]([CH2-])(C(C)C)C(C)C)(C(C)C)C(C)C. The van der Waals surface area contributed by atoms with Crippen LogP contribution in [0.2, 0.25) is 0 Å². The lowest BCUT2D eigenvalue weighted by Crippen LogP contribution is -2.32. The van der Waals surface area contributed by atoms with E-state index < -0.39 is 14.5 Å². The van der Waals surface area contributed by atoms with Crippen molar-refractivity contribution in [2.24, 2.45) is 0 Å². The van der Waals surface area contributed by atoms with Crippen LogP contribution in [0.25, 0.3) is 0 Å². The Bertz CT molecular complexity index is 753.